The Kier molecular flexibility index (Phi) is 4.54. The van der Waals surface area contributed by atoms with Gasteiger partial charge in [0.05, 0.1) is 13.2 Å². The molecule has 0 saturated carbocycles. The fourth-order valence-corrected chi connectivity index (χ4v) is 3.17. The van der Waals surface area contributed by atoms with Gasteiger partial charge in [0, 0.05) is 25.2 Å². The van der Waals surface area contributed by atoms with Crippen molar-refractivity contribution in [2.24, 2.45) is 0 Å². The quantitative estimate of drug-likeness (QED) is 0.934. The topological polar surface area (TPSA) is 24.5 Å². The van der Waals surface area contributed by atoms with Crippen molar-refractivity contribution in [3.05, 3.63) is 48.0 Å². The van der Waals surface area contributed by atoms with Crippen molar-refractivity contribution in [3.8, 4) is 0 Å². The SMILES string of the molecule is CNC(CN1CCOCC1C)c1cccc2ccccc12. The molecular weight excluding hydrogens is 260 g/mol. The lowest BCUT2D eigenvalue weighted by atomic mass is 9.98. The Hall–Kier alpha value is -1.42. The Balaban J connectivity index is 1.87. The van der Waals surface area contributed by atoms with E-state index < -0.39 is 0 Å². The van der Waals surface area contributed by atoms with Crippen molar-refractivity contribution in [2.45, 2.75) is 19.0 Å². The van der Waals surface area contributed by atoms with Crippen LogP contribution in [-0.4, -0.2) is 44.3 Å². The Morgan fingerprint density at radius 1 is 1.24 bits per heavy atom. The van der Waals surface area contributed by atoms with Crippen molar-refractivity contribution in [1.29, 1.82) is 0 Å². The van der Waals surface area contributed by atoms with E-state index in [1.54, 1.807) is 0 Å². The van der Waals surface area contributed by atoms with Crippen molar-refractivity contribution >= 4 is 10.8 Å². The molecule has 2 unspecified atom stereocenters. The zero-order chi connectivity index (χ0) is 14.7. The minimum atomic E-state index is 0.344. The van der Waals surface area contributed by atoms with Crippen LogP contribution in [0, 0.1) is 0 Å². The number of hydrogen-bond donors (Lipinski definition) is 1. The standard InChI is InChI=1S/C18H24N2O/c1-14-13-21-11-10-20(14)12-18(19-2)17-9-5-7-15-6-3-4-8-16(15)17/h3-9,14,18-19H,10-13H2,1-2H3. The summed E-state index contributed by atoms with van der Waals surface area (Å²) in [6, 6.07) is 16.0. The third-order valence-electron chi connectivity index (χ3n) is 4.47. The molecule has 0 radical (unpaired) electrons. The van der Waals surface area contributed by atoms with E-state index in [0.29, 0.717) is 12.1 Å². The Labute approximate surface area is 126 Å². The molecule has 112 valence electrons. The second kappa shape index (κ2) is 6.56. The molecule has 1 heterocycles. The summed E-state index contributed by atoms with van der Waals surface area (Å²) < 4.78 is 5.54. The smallest absolute Gasteiger partial charge is 0.0619 e. The molecule has 1 N–H and O–H groups in total. The molecule has 1 fully saturated rings. The van der Waals surface area contributed by atoms with Crippen LogP contribution in [0.15, 0.2) is 42.5 Å². The molecular formula is C18H24N2O. The van der Waals surface area contributed by atoms with Crippen LogP contribution in [0.5, 0.6) is 0 Å². The molecule has 0 bridgehead atoms. The number of ether oxygens (including phenoxy) is 1. The molecule has 0 amide bonds. The second-order valence-corrected chi connectivity index (χ2v) is 5.83. The summed E-state index contributed by atoms with van der Waals surface area (Å²) in [5.74, 6) is 0. The average molecular weight is 284 g/mol. The summed E-state index contributed by atoms with van der Waals surface area (Å²) in [7, 11) is 2.05. The van der Waals surface area contributed by atoms with E-state index >= 15 is 0 Å². The van der Waals surface area contributed by atoms with Gasteiger partial charge in [-0.3, -0.25) is 4.90 Å². The molecule has 3 nitrogen and oxygen atoms in total. The van der Waals surface area contributed by atoms with Gasteiger partial charge in [-0.2, -0.15) is 0 Å². The van der Waals surface area contributed by atoms with E-state index in [2.05, 4.69) is 66.7 Å². The van der Waals surface area contributed by atoms with Crippen LogP contribution in [0.1, 0.15) is 18.5 Å². The van der Waals surface area contributed by atoms with E-state index in [1.165, 1.54) is 16.3 Å². The molecule has 2 atom stereocenters. The zero-order valence-corrected chi connectivity index (χ0v) is 12.9. The van der Waals surface area contributed by atoms with E-state index in [9.17, 15) is 0 Å². The molecule has 21 heavy (non-hydrogen) atoms. The number of nitrogens with one attached hydrogen (secondary N) is 1. The fourth-order valence-electron chi connectivity index (χ4n) is 3.17. The van der Waals surface area contributed by atoms with Gasteiger partial charge in [-0.25, -0.2) is 0 Å². The summed E-state index contributed by atoms with van der Waals surface area (Å²) in [6.07, 6.45) is 0. The maximum Gasteiger partial charge on any atom is 0.0619 e. The predicted octanol–water partition coefficient (Wildman–Crippen LogP) is 2.82. The van der Waals surface area contributed by atoms with Crippen molar-refractivity contribution in [1.82, 2.24) is 10.2 Å². The van der Waals surface area contributed by atoms with Gasteiger partial charge in [0.15, 0.2) is 0 Å². The third kappa shape index (κ3) is 3.10. The van der Waals surface area contributed by atoms with Crippen LogP contribution in [0.3, 0.4) is 0 Å². The first-order chi connectivity index (χ1) is 10.3. The highest BCUT2D eigenvalue weighted by Gasteiger charge is 2.23. The third-order valence-corrected chi connectivity index (χ3v) is 4.47. The highest BCUT2D eigenvalue weighted by Crippen LogP contribution is 2.25. The first-order valence-corrected chi connectivity index (χ1v) is 7.76. The van der Waals surface area contributed by atoms with E-state index in [1.807, 2.05) is 0 Å². The van der Waals surface area contributed by atoms with Gasteiger partial charge in [0.25, 0.3) is 0 Å². The summed E-state index contributed by atoms with van der Waals surface area (Å²) in [5.41, 5.74) is 1.38. The zero-order valence-electron chi connectivity index (χ0n) is 12.9. The highest BCUT2D eigenvalue weighted by molar-refractivity contribution is 5.86. The molecule has 0 spiro atoms. The molecule has 0 aromatic heterocycles. The van der Waals surface area contributed by atoms with Crippen LogP contribution in [0.2, 0.25) is 0 Å². The number of likely N-dealkylation sites (N-methyl/N-ethyl adjacent to an activating group) is 1. The number of hydrogen-bond acceptors (Lipinski definition) is 3. The van der Waals surface area contributed by atoms with Crippen LogP contribution < -0.4 is 5.32 Å². The largest absolute Gasteiger partial charge is 0.379 e. The van der Waals surface area contributed by atoms with Gasteiger partial charge < -0.3 is 10.1 Å². The molecule has 2 aromatic rings. The Morgan fingerprint density at radius 2 is 2.05 bits per heavy atom. The van der Waals surface area contributed by atoms with E-state index in [-0.39, 0.29) is 0 Å². The maximum absolute atomic E-state index is 5.54. The van der Waals surface area contributed by atoms with E-state index in [4.69, 9.17) is 4.74 Å². The van der Waals surface area contributed by atoms with Gasteiger partial charge in [-0.15, -0.1) is 0 Å². The minimum absolute atomic E-state index is 0.344. The normalized spacial score (nSPS) is 21.5. The summed E-state index contributed by atoms with van der Waals surface area (Å²) in [5, 5.41) is 6.15. The Morgan fingerprint density at radius 3 is 2.86 bits per heavy atom. The minimum Gasteiger partial charge on any atom is -0.379 e. The lowest BCUT2D eigenvalue weighted by Gasteiger charge is -2.36. The summed E-state index contributed by atoms with van der Waals surface area (Å²) >= 11 is 0. The average Bonchev–Trinajstić information content (AvgIpc) is 2.54. The number of benzene rings is 2. The lowest BCUT2D eigenvalue weighted by molar-refractivity contribution is -0.00410. The van der Waals surface area contributed by atoms with Crippen LogP contribution >= 0.6 is 0 Å². The highest BCUT2D eigenvalue weighted by atomic mass is 16.5. The number of rotatable bonds is 4. The van der Waals surface area contributed by atoms with Crippen LogP contribution in [-0.2, 0) is 4.74 Å². The van der Waals surface area contributed by atoms with Crippen molar-refractivity contribution < 1.29 is 4.74 Å². The number of fused-ring (bicyclic) bond motifs is 1. The van der Waals surface area contributed by atoms with Crippen molar-refractivity contribution in [2.75, 3.05) is 33.4 Å². The first-order valence-electron chi connectivity index (χ1n) is 7.76. The molecule has 1 saturated heterocycles. The van der Waals surface area contributed by atoms with Gasteiger partial charge in [0.1, 0.15) is 0 Å². The first kappa shape index (κ1) is 14.5. The summed E-state index contributed by atoms with van der Waals surface area (Å²) in [6.45, 7) is 5.97. The molecule has 3 heteroatoms. The van der Waals surface area contributed by atoms with Gasteiger partial charge in [-0.05, 0) is 30.3 Å². The van der Waals surface area contributed by atoms with Crippen LogP contribution in [0.25, 0.3) is 10.8 Å². The molecule has 2 aromatic carbocycles. The van der Waals surface area contributed by atoms with Gasteiger partial charge in [0.2, 0.25) is 0 Å². The lowest BCUT2D eigenvalue weighted by Crippen LogP contribution is -2.46. The molecule has 0 aliphatic carbocycles. The summed E-state index contributed by atoms with van der Waals surface area (Å²) in [4.78, 5) is 2.52. The molecule has 3 rings (SSSR count). The number of morpholine rings is 1. The van der Waals surface area contributed by atoms with E-state index in [0.717, 1.165) is 26.3 Å². The van der Waals surface area contributed by atoms with Gasteiger partial charge in [-0.1, -0.05) is 42.5 Å². The maximum atomic E-state index is 5.54. The van der Waals surface area contributed by atoms with Crippen LogP contribution in [0.4, 0.5) is 0 Å². The fraction of sp³-hybridized carbons (Fsp3) is 0.444. The second-order valence-electron chi connectivity index (χ2n) is 5.83. The number of nitrogens with zero attached hydrogens (tertiary/aromatic N) is 1. The predicted molar refractivity (Wildman–Crippen MR) is 87.6 cm³/mol. The van der Waals surface area contributed by atoms with Crippen molar-refractivity contribution in [3.63, 3.8) is 0 Å². The molecule has 1 aliphatic heterocycles. The molecule has 1 aliphatic rings. The van der Waals surface area contributed by atoms with Gasteiger partial charge >= 0.3 is 0 Å². The monoisotopic (exact) mass is 284 g/mol. The Bertz CT molecular complexity index is 593.